The standard InChI is InChI=1S/C21H27N5O4/c1-4-13-30-17-9-8-16(14-18(17)29-3)15(2)23-20(27)22-10-12-26-21(28)25-11-6-5-7-19(25)24-26/h5-9,11,14-15H,4,10,12-13H2,1-3H3,(H2,22,23,27)/t15-/m1/s1. The fraction of sp³-hybridized carbons (Fsp3) is 0.381. The molecule has 0 aliphatic carbocycles. The molecule has 3 rings (SSSR count). The van der Waals surface area contributed by atoms with E-state index < -0.39 is 0 Å². The number of rotatable bonds is 9. The summed E-state index contributed by atoms with van der Waals surface area (Å²) in [6, 6.07) is 10.4. The second kappa shape index (κ2) is 9.82. The van der Waals surface area contributed by atoms with Crippen LogP contribution in [-0.2, 0) is 6.54 Å². The summed E-state index contributed by atoms with van der Waals surface area (Å²) in [7, 11) is 1.59. The van der Waals surface area contributed by atoms with E-state index in [0.29, 0.717) is 23.8 Å². The number of nitrogens with zero attached hydrogens (tertiary/aromatic N) is 3. The van der Waals surface area contributed by atoms with E-state index in [9.17, 15) is 9.59 Å². The molecule has 1 aromatic carbocycles. The van der Waals surface area contributed by atoms with E-state index in [4.69, 9.17) is 9.47 Å². The third-order valence-electron chi connectivity index (χ3n) is 4.59. The minimum absolute atomic E-state index is 0.237. The topological polar surface area (TPSA) is 98.9 Å². The summed E-state index contributed by atoms with van der Waals surface area (Å²) in [5, 5.41) is 9.87. The molecular formula is C21H27N5O4. The highest BCUT2D eigenvalue weighted by molar-refractivity contribution is 5.74. The van der Waals surface area contributed by atoms with Gasteiger partial charge < -0.3 is 20.1 Å². The SMILES string of the molecule is CCCOc1ccc([C@@H](C)NC(=O)NCCn2nc3ccccn3c2=O)cc1OC. The lowest BCUT2D eigenvalue weighted by molar-refractivity contribution is 0.237. The number of nitrogens with one attached hydrogen (secondary N) is 2. The minimum atomic E-state index is -0.329. The summed E-state index contributed by atoms with van der Waals surface area (Å²) in [5.74, 6) is 1.30. The van der Waals surface area contributed by atoms with Crippen LogP contribution in [0.15, 0.2) is 47.4 Å². The van der Waals surface area contributed by atoms with Crippen molar-refractivity contribution in [2.75, 3.05) is 20.3 Å². The Morgan fingerprint density at radius 1 is 1.23 bits per heavy atom. The first kappa shape index (κ1) is 21.2. The van der Waals surface area contributed by atoms with Crippen LogP contribution in [0, 0.1) is 0 Å². The number of urea groups is 1. The number of amides is 2. The molecule has 0 bridgehead atoms. The molecule has 2 N–H and O–H groups in total. The lowest BCUT2D eigenvalue weighted by atomic mass is 10.1. The lowest BCUT2D eigenvalue weighted by Crippen LogP contribution is -2.39. The highest BCUT2D eigenvalue weighted by Crippen LogP contribution is 2.30. The van der Waals surface area contributed by atoms with Crippen LogP contribution in [0.1, 0.15) is 31.9 Å². The maximum absolute atomic E-state index is 12.2. The average molecular weight is 413 g/mol. The first-order valence-electron chi connectivity index (χ1n) is 9.92. The molecule has 0 saturated carbocycles. The van der Waals surface area contributed by atoms with E-state index in [2.05, 4.69) is 15.7 Å². The molecule has 0 aliphatic heterocycles. The van der Waals surface area contributed by atoms with Crippen LogP contribution in [0.2, 0.25) is 0 Å². The summed E-state index contributed by atoms with van der Waals surface area (Å²) in [5.41, 5.74) is 1.22. The number of ether oxygens (including phenoxy) is 2. The van der Waals surface area contributed by atoms with E-state index in [1.807, 2.05) is 38.1 Å². The highest BCUT2D eigenvalue weighted by atomic mass is 16.5. The van der Waals surface area contributed by atoms with E-state index >= 15 is 0 Å². The zero-order valence-electron chi connectivity index (χ0n) is 17.4. The number of carbonyl (C=O) groups excluding carboxylic acids is 1. The van der Waals surface area contributed by atoms with E-state index in [-0.39, 0.29) is 30.9 Å². The highest BCUT2D eigenvalue weighted by Gasteiger charge is 2.13. The molecule has 3 aromatic rings. The quantitative estimate of drug-likeness (QED) is 0.561. The van der Waals surface area contributed by atoms with Crippen molar-refractivity contribution in [3.05, 3.63) is 58.6 Å². The predicted molar refractivity (Wildman–Crippen MR) is 113 cm³/mol. The zero-order valence-corrected chi connectivity index (χ0v) is 17.4. The van der Waals surface area contributed by atoms with Gasteiger partial charge >= 0.3 is 11.7 Å². The van der Waals surface area contributed by atoms with Gasteiger partial charge in [-0.15, -0.1) is 5.10 Å². The Labute approximate surface area is 174 Å². The molecule has 9 heteroatoms. The maximum Gasteiger partial charge on any atom is 0.350 e. The molecule has 0 unspecified atom stereocenters. The molecule has 0 saturated heterocycles. The van der Waals surface area contributed by atoms with Gasteiger partial charge in [0.2, 0.25) is 0 Å². The summed E-state index contributed by atoms with van der Waals surface area (Å²) in [6.45, 7) is 5.08. The zero-order chi connectivity index (χ0) is 21.5. The van der Waals surface area contributed by atoms with Gasteiger partial charge in [0.05, 0.1) is 26.3 Å². The molecule has 2 amide bonds. The molecule has 0 aliphatic rings. The van der Waals surface area contributed by atoms with Crippen molar-refractivity contribution < 1.29 is 14.3 Å². The molecule has 0 spiro atoms. The van der Waals surface area contributed by atoms with Gasteiger partial charge in [0.25, 0.3) is 0 Å². The molecule has 9 nitrogen and oxygen atoms in total. The van der Waals surface area contributed by atoms with Crippen LogP contribution in [0.4, 0.5) is 4.79 Å². The number of hydrogen-bond acceptors (Lipinski definition) is 5. The number of methoxy groups -OCH3 is 1. The molecular weight excluding hydrogens is 386 g/mol. The van der Waals surface area contributed by atoms with Gasteiger partial charge in [-0.1, -0.05) is 19.1 Å². The van der Waals surface area contributed by atoms with Crippen molar-refractivity contribution in [3.63, 3.8) is 0 Å². The second-order valence-electron chi connectivity index (χ2n) is 6.82. The smallest absolute Gasteiger partial charge is 0.350 e. The van der Waals surface area contributed by atoms with Crippen molar-refractivity contribution in [1.82, 2.24) is 24.8 Å². The Morgan fingerprint density at radius 2 is 2.07 bits per heavy atom. The van der Waals surface area contributed by atoms with Crippen molar-refractivity contribution in [2.24, 2.45) is 0 Å². The fourth-order valence-corrected chi connectivity index (χ4v) is 3.00. The maximum atomic E-state index is 12.2. The molecule has 0 fully saturated rings. The number of aromatic nitrogens is 3. The molecule has 2 aromatic heterocycles. The first-order chi connectivity index (χ1) is 14.5. The predicted octanol–water partition coefficient (Wildman–Crippen LogP) is 2.35. The summed E-state index contributed by atoms with van der Waals surface area (Å²) < 4.78 is 13.8. The van der Waals surface area contributed by atoms with Gasteiger partial charge in [-0.3, -0.25) is 4.40 Å². The molecule has 160 valence electrons. The third kappa shape index (κ3) is 4.91. The van der Waals surface area contributed by atoms with Gasteiger partial charge in [-0.2, -0.15) is 0 Å². The van der Waals surface area contributed by atoms with Gasteiger partial charge in [-0.25, -0.2) is 14.3 Å². The Bertz CT molecular complexity index is 1060. The number of carbonyl (C=O) groups is 1. The largest absolute Gasteiger partial charge is 0.493 e. The Hall–Kier alpha value is -3.49. The number of pyridine rings is 1. The van der Waals surface area contributed by atoms with Crippen molar-refractivity contribution in [2.45, 2.75) is 32.9 Å². The van der Waals surface area contributed by atoms with Crippen molar-refractivity contribution in [1.29, 1.82) is 0 Å². The van der Waals surface area contributed by atoms with Crippen molar-refractivity contribution >= 4 is 11.7 Å². The average Bonchev–Trinajstić information content (AvgIpc) is 3.07. The van der Waals surface area contributed by atoms with Crippen LogP contribution < -0.4 is 25.8 Å². The fourth-order valence-electron chi connectivity index (χ4n) is 3.00. The summed E-state index contributed by atoms with van der Waals surface area (Å²) in [6.07, 6.45) is 2.57. The van der Waals surface area contributed by atoms with E-state index in [1.165, 1.54) is 9.08 Å². The van der Waals surface area contributed by atoms with E-state index in [0.717, 1.165) is 12.0 Å². The summed E-state index contributed by atoms with van der Waals surface area (Å²) >= 11 is 0. The van der Waals surface area contributed by atoms with Crippen molar-refractivity contribution in [3.8, 4) is 11.5 Å². The van der Waals surface area contributed by atoms with Crippen LogP contribution in [0.25, 0.3) is 5.65 Å². The number of hydrogen-bond donors (Lipinski definition) is 2. The monoisotopic (exact) mass is 413 g/mol. The van der Waals surface area contributed by atoms with E-state index in [1.54, 1.807) is 25.4 Å². The Morgan fingerprint density at radius 3 is 2.80 bits per heavy atom. The number of fused-ring (bicyclic) bond motifs is 1. The normalized spacial score (nSPS) is 11.8. The van der Waals surface area contributed by atoms with Crippen LogP contribution in [0.5, 0.6) is 11.5 Å². The lowest BCUT2D eigenvalue weighted by Gasteiger charge is -2.17. The van der Waals surface area contributed by atoms with Crippen LogP contribution in [0.3, 0.4) is 0 Å². The van der Waals surface area contributed by atoms with Crippen LogP contribution in [-0.4, -0.2) is 40.5 Å². The van der Waals surface area contributed by atoms with Gasteiger partial charge in [0, 0.05) is 12.7 Å². The first-order valence-corrected chi connectivity index (χ1v) is 9.92. The second-order valence-corrected chi connectivity index (χ2v) is 6.82. The Kier molecular flexibility index (Phi) is 6.95. The molecule has 0 radical (unpaired) electrons. The van der Waals surface area contributed by atoms with Crippen LogP contribution >= 0.6 is 0 Å². The number of benzene rings is 1. The minimum Gasteiger partial charge on any atom is -0.493 e. The molecule has 2 heterocycles. The van der Waals surface area contributed by atoms with Gasteiger partial charge in [-0.05, 0) is 43.2 Å². The summed E-state index contributed by atoms with van der Waals surface area (Å²) in [4.78, 5) is 24.5. The van der Waals surface area contributed by atoms with Gasteiger partial charge in [0.15, 0.2) is 17.1 Å². The molecule has 1 atom stereocenters. The Balaban J connectivity index is 1.54. The molecule has 30 heavy (non-hydrogen) atoms. The van der Waals surface area contributed by atoms with Gasteiger partial charge in [0.1, 0.15) is 0 Å². The third-order valence-corrected chi connectivity index (χ3v) is 4.59.